The molecule has 0 atom stereocenters. The quantitative estimate of drug-likeness (QED) is 0.182. The van der Waals surface area contributed by atoms with Gasteiger partial charge < -0.3 is 61.7 Å². The van der Waals surface area contributed by atoms with E-state index in [0.29, 0.717) is 25.1 Å². The number of likely N-dealkylation sites (N-methyl/N-ethyl adjacent to an activating group) is 1. The lowest BCUT2D eigenvalue weighted by Gasteiger charge is -2.34. The lowest BCUT2D eigenvalue weighted by atomic mass is 10.2. The fraction of sp³-hybridized carbons (Fsp3) is 0.933. The highest BCUT2D eigenvalue weighted by atomic mass is 127. The number of carbonyl (C=O) groups is 1. The lowest BCUT2D eigenvalue weighted by molar-refractivity contribution is -0.911. The van der Waals surface area contributed by atoms with Crippen molar-refractivity contribution in [3.63, 3.8) is 0 Å². The summed E-state index contributed by atoms with van der Waals surface area (Å²) in [4.78, 5) is 11.7. The molecule has 0 aromatic heterocycles. The highest BCUT2D eigenvalue weighted by Crippen LogP contribution is 2.08. The smallest absolute Gasteiger partial charge is 0.311 e. The van der Waals surface area contributed by atoms with Crippen molar-refractivity contribution in [3.8, 4) is 0 Å². The molecule has 0 aromatic rings. The average molecular weight is 528 g/mol. The predicted molar refractivity (Wildman–Crippen MR) is 79.8 cm³/mol. The van der Waals surface area contributed by atoms with E-state index in [1.807, 2.05) is 0 Å². The Balaban J connectivity index is -0.00000162. The lowest BCUT2D eigenvalue weighted by Crippen LogP contribution is -3.00. The second kappa shape index (κ2) is 11.4. The number of hydrogen-bond acceptors (Lipinski definition) is 2. The number of halogens is 2. The van der Waals surface area contributed by atoms with Crippen molar-refractivity contribution in [2.24, 2.45) is 0 Å². The van der Waals surface area contributed by atoms with E-state index in [1.54, 1.807) is 0 Å². The van der Waals surface area contributed by atoms with Gasteiger partial charge in [0.15, 0.2) is 0 Å². The molecular formula is C15H34I2N2O2. The van der Waals surface area contributed by atoms with E-state index in [2.05, 4.69) is 55.9 Å². The molecule has 0 amide bonds. The van der Waals surface area contributed by atoms with Gasteiger partial charge in [-0.2, -0.15) is 0 Å². The van der Waals surface area contributed by atoms with Crippen LogP contribution in [0.15, 0.2) is 0 Å². The van der Waals surface area contributed by atoms with Crippen molar-refractivity contribution in [2.45, 2.75) is 46.2 Å². The third-order valence-electron chi connectivity index (χ3n) is 4.62. The number of nitrogens with zero attached hydrogens (tertiary/aromatic N) is 2. The minimum Gasteiger partial charge on any atom is -1.00 e. The Hall–Kier alpha value is 0.850. The molecule has 0 aliphatic rings. The Bertz CT molecular complexity index is 293. The summed E-state index contributed by atoms with van der Waals surface area (Å²) >= 11 is 0. The van der Waals surface area contributed by atoms with Crippen LogP contribution in [0, 0.1) is 0 Å². The van der Waals surface area contributed by atoms with Crippen LogP contribution in [0.2, 0.25) is 0 Å². The number of rotatable bonds is 8. The van der Waals surface area contributed by atoms with Crippen LogP contribution in [-0.4, -0.2) is 74.9 Å². The molecule has 0 bridgehead atoms. The molecule has 0 spiro atoms. The molecule has 0 aliphatic heterocycles. The number of ether oxygens (including phenoxy) is 1. The SMILES string of the molecule is CC(C)[N+](C)(C)CCOC(=O)CC[N+](C)(C)C(C)C.[I-].[I-]. The van der Waals surface area contributed by atoms with E-state index in [-0.39, 0.29) is 53.9 Å². The first-order valence-corrected chi connectivity index (χ1v) is 7.30. The number of quaternary nitrogens is 2. The molecule has 0 saturated carbocycles. The van der Waals surface area contributed by atoms with E-state index >= 15 is 0 Å². The van der Waals surface area contributed by atoms with E-state index in [1.165, 1.54) is 0 Å². The van der Waals surface area contributed by atoms with Gasteiger partial charge in [0.2, 0.25) is 0 Å². The Morgan fingerprint density at radius 2 is 1.24 bits per heavy atom. The maximum absolute atomic E-state index is 11.7. The first kappa shape index (κ1) is 26.7. The molecule has 0 radical (unpaired) electrons. The summed E-state index contributed by atoms with van der Waals surface area (Å²) in [6, 6.07) is 1.06. The van der Waals surface area contributed by atoms with Gasteiger partial charge in [0.25, 0.3) is 0 Å². The molecule has 0 saturated heterocycles. The fourth-order valence-electron chi connectivity index (χ4n) is 1.36. The van der Waals surface area contributed by atoms with Crippen molar-refractivity contribution < 1.29 is 66.5 Å². The van der Waals surface area contributed by atoms with Crippen LogP contribution < -0.4 is 48.0 Å². The third kappa shape index (κ3) is 11.1. The highest BCUT2D eigenvalue weighted by molar-refractivity contribution is 5.69. The van der Waals surface area contributed by atoms with Gasteiger partial charge in [-0.15, -0.1) is 0 Å². The minimum atomic E-state index is -0.0735. The number of carbonyl (C=O) groups excluding carboxylic acids is 1. The molecule has 0 heterocycles. The number of hydrogen-bond donors (Lipinski definition) is 0. The summed E-state index contributed by atoms with van der Waals surface area (Å²) in [7, 11) is 8.63. The monoisotopic (exact) mass is 528 g/mol. The van der Waals surface area contributed by atoms with Gasteiger partial charge in [-0.25, -0.2) is 0 Å². The first-order valence-electron chi connectivity index (χ1n) is 7.30. The molecule has 0 N–H and O–H groups in total. The van der Waals surface area contributed by atoms with Crippen LogP contribution in [0.1, 0.15) is 34.1 Å². The third-order valence-corrected chi connectivity index (χ3v) is 4.62. The van der Waals surface area contributed by atoms with Crippen molar-refractivity contribution >= 4 is 5.97 Å². The maximum Gasteiger partial charge on any atom is 0.311 e. The molecule has 4 nitrogen and oxygen atoms in total. The molecule has 6 heteroatoms. The molecule has 130 valence electrons. The zero-order valence-electron chi connectivity index (χ0n) is 14.9. The summed E-state index contributed by atoms with van der Waals surface area (Å²) in [5.41, 5.74) is 0. The highest BCUT2D eigenvalue weighted by Gasteiger charge is 2.23. The van der Waals surface area contributed by atoms with Gasteiger partial charge in [-0.3, -0.25) is 4.79 Å². The molecule has 0 unspecified atom stereocenters. The van der Waals surface area contributed by atoms with Crippen LogP contribution >= 0.6 is 0 Å². The second-order valence-electron chi connectivity index (χ2n) is 7.16. The van der Waals surface area contributed by atoms with Crippen LogP contribution in [0.25, 0.3) is 0 Å². The summed E-state index contributed by atoms with van der Waals surface area (Å²) in [6.45, 7) is 10.9. The topological polar surface area (TPSA) is 26.3 Å². The molecular weight excluding hydrogens is 494 g/mol. The Morgan fingerprint density at radius 3 is 1.62 bits per heavy atom. The summed E-state index contributed by atoms with van der Waals surface area (Å²) in [5, 5.41) is 0. The first-order chi connectivity index (χ1) is 8.49. The van der Waals surface area contributed by atoms with Gasteiger partial charge in [-0.05, 0) is 27.7 Å². The van der Waals surface area contributed by atoms with E-state index in [4.69, 9.17) is 4.74 Å². The summed E-state index contributed by atoms with van der Waals surface area (Å²) < 4.78 is 7.06. The van der Waals surface area contributed by atoms with Crippen LogP contribution in [-0.2, 0) is 9.53 Å². The average Bonchev–Trinajstić information content (AvgIpc) is 2.25. The van der Waals surface area contributed by atoms with Crippen molar-refractivity contribution in [1.82, 2.24) is 0 Å². The Morgan fingerprint density at radius 1 is 0.857 bits per heavy atom. The fourth-order valence-corrected chi connectivity index (χ4v) is 1.36. The van der Waals surface area contributed by atoms with Gasteiger partial charge in [-0.1, -0.05) is 0 Å². The van der Waals surface area contributed by atoms with Gasteiger partial charge in [0.1, 0.15) is 13.2 Å². The van der Waals surface area contributed by atoms with Gasteiger partial charge in [0, 0.05) is 0 Å². The zero-order chi connectivity index (χ0) is 15.3. The standard InChI is InChI=1S/C15H34N2O2.2HI/c1-13(2)16(5,6)10-9-15(18)19-12-11-17(7,8)14(3)4;;/h13-14H,9-12H2,1-8H3;2*1H/q+2;;/p-2. The van der Waals surface area contributed by atoms with Crippen molar-refractivity contribution in [3.05, 3.63) is 0 Å². The molecule has 0 aromatic carbocycles. The van der Waals surface area contributed by atoms with Gasteiger partial charge in [0.05, 0.1) is 53.2 Å². The van der Waals surface area contributed by atoms with Gasteiger partial charge >= 0.3 is 5.97 Å². The molecule has 0 aliphatic carbocycles. The largest absolute Gasteiger partial charge is 1.00 e. The predicted octanol–water partition coefficient (Wildman–Crippen LogP) is -4.10. The minimum absolute atomic E-state index is 0. The molecule has 21 heavy (non-hydrogen) atoms. The van der Waals surface area contributed by atoms with E-state index in [0.717, 1.165) is 22.1 Å². The Labute approximate surface area is 165 Å². The number of esters is 1. The maximum atomic E-state index is 11.7. The Kier molecular flexibility index (Phi) is 14.5. The van der Waals surface area contributed by atoms with Crippen LogP contribution in [0.3, 0.4) is 0 Å². The zero-order valence-corrected chi connectivity index (χ0v) is 19.3. The van der Waals surface area contributed by atoms with Crippen LogP contribution in [0.4, 0.5) is 0 Å². The van der Waals surface area contributed by atoms with E-state index in [9.17, 15) is 4.79 Å². The summed E-state index contributed by atoms with van der Waals surface area (Å²) in [5.74, 6) is -0.0735. The normalized spacial score (nSPS) is 11.9. The van der Waals surface area contributed by atoms with E-state index < -0.39 is 0 Å². The molecule has 0 fully saturated rings. The second-order valence-corrected chi connectivity index (χ2v) is 7.16. The molecule has 0 rings (SSSR count). The summed E-state index contributed by atoms with van der Waals surface area (Å²) in [6.07, 6.45) is 0.500. The van der Waals surface area contributed by atoms with Crippen LogP contribution in [0.5, 0.6) is 0 Å². The van der Waals surface area contributed by atoms with Crippen molar-refractivity contribution in [2.75, 3.05) is 47.9 Å². The van der Waals surface area contributed by atoms with Crippen molar-refractivity contribution in [1.29, 1.82) is 0 Å².